The summed E-state index contributed by atoms with van der Waals surface area (Å²) in [6, 6.07) is 11.5. The van der Waals surface area contributed by atoms with Gasteiger partial charge in [0.15, 0.2) is 5.69 Å². The molecule has 0 aliphatic carbocycles. The fourth-order valence-corrected chi connectivity index (χ4v) is 3.43. The van der Waals surface area contributed by atoms with E-state index < -0.39 is 0 Å². The Labute approximate surface area is 184 Å². The van der Waals surface area contributed by atoms with Crippen LogP contribution in [-0.2, 0) is 19.8 Å². The van der Waals surface area contributed by atoms with Gasteiger partial charge in [0.2, 0.25) is 0 Å². The predicted molar refractivity (Wildman–Crippen MR) is 113 cm³/mol. The summed E-state index contributed by atoms with van der Waals surface area (Å²) in [6.45, 7) is 15.2. The third-order valence-electron chi connectivity index (χ3n) is 4.63. The van der Waals surface area contributed by atoms with Gasteiger partial charge in [0.1, 0.15) is 0 Å². The molecule has 4 rings (SSSR count). The van der Waals surface area contributed by atoms with Crippen LogP contribution in [-0.4, -0.2) is 36.8 Å². The van der Waals surface area contributed by atoms with Crippen LogP contribution in [0.15, 0.2) is 34.5 Å². The molecule has 0 N–H and O–H groups in total. The maximum Gasteiger partial charge on any atom is 0.187 e. The van der Waals surface area contributed by atoms with Crippen molar-refractivity contribution < 1.29 is 19.8 Å². The number of aryl methyl sites for hydroxylation is 2. The molecule has 8 heteroatoms. The van der Waals surface area contributed by atoms with Crippen LogP contribution in [0, 0.1) is 39.8 Å². The average Bonchev–Trinajstić information content (AvgIpc) is 3.29. The van der Waals surface area contributed by atoms with Gasteiger partial charge in [-0.25, -0.2) is 15.0 Å². The molecule has 0 saturated heterocycles. The van der Waals surface area contributed by atoms with Crippen molar-refractivity contribution in [3.05, 3.63) is 66.2 Å². The van der Waals surface area contributed by atoms with Crippen molar-refractivity contribution in [2.75, 3.05) is 23.9 Å². The van der Waals surface area contributed by atoms with E-state index >= 15 is 0 Å². The van der Waals surface area contributed by atoms with E-state index in [1.165, 1.54) is 0 Å². The number of rotatable bonds is 3. The van der Waals surface area contributed by atoms with Gasteiger partial charge in [0.05, 0.1) is 19.2 Å². The SMILES string of the molecule is [C-]#[N+]c1cc(C)c(-c2cc(N3C=NN(C)[CH-]3)[c-]c(N3C=NN(C)[CH-]3)c2)c(C)c1.[Os]. The monoisotopic (exact) mass is 562 g/mol. The summed E-state index contributed by atoms with van der Waals surface area (Å²) < 4.78 is 0. The van der Waals surface area contributed by atoms with Gasteiger partial charge in [-0.3, -0.25) is 0 Å². The molecule has 0 bridgehead atoms. The Kier molecular flexibility index (Phi) is 5.91. The van der Waals surface area contributed by atoms with E-state index in [0.29, 0.717) is 5.69 Å². The summed E-state index contributed by atoms with van der Waals surface area (Å²) in [7, 11) is 3.77. The van der Waals surface area contributed by atoms with Crippen LogP contribution in [0.5, 0.6) is 0 Å². The van der Waals surface area contributed by atoms with Crippen molar-refractivity contribution >= 4 is 29.7 Å². The Balaban J connectivity index is 0.00000240. The Morgan fingerprint density at radius 2 is 1.38 bits per heavy atom. The molecular formula is C21H20N7Os-3. The molecule has 0 radical (unpaired) electrons. The van der Waals surface area contributed by atoms with Crippen LogP contribution >= 0.6 is 0 Å². The minimum Gasteiger partial charge on any atom is -0.483 e. The molecule has 2 aliphatic heterocycles. The smallest absolute Gasteiger partial charge is 0.187 e. The standard InChI is InChI=1S/C21H20N7.Os/c1-15-6-18(22-3)7-16(2)21(15)17-8-19(27-11-23-25(4)13-27)10-20(9-17)28-12-24-26(5)14-28;/h6-9,11-14H,1-2,4-5H3;/q-3;. The fourth-order valence-electron chi connectivity index (χ4n) is 3.43. The molecule has 2 aliphatic rings. The van der Waals surface area contributed by atoms with Gasteiger partial charge < -0.3 is 19.8 Å². The Morgan fingerprint density at radius 3 is 1.76 bits per heavy atom. The van der Waals surface area contributed by atoms with Crippen LogP contribution < -0.4 is 9.80 Å². The largest absolute Gasteiger partial charge is 0.483 e. The molecule has 0 amide bonds. The normalized spacial score (nSPS) is 15.1. The molecule has 0 fully saturated rings. The number of anilines is 2. The molecule has 2 aromatic rings. The van der Waals surface area contributed by atoms with Crippen LogP contribution in [0.3, 0.4) is 0 Å². The molecule has 29 heavy (non-hydrogen) atoms. The maximum absolute atomic E-state index is 7.30. The van der Waals surface area contributed by atoms with E-state index in [9.17, 15) is 0 Å². The van der Waals surface area contributed by atoms with Gasteiger partial charge in [0, 0.05) is 19.8 Å². The third kappa shape index (κ3) is 4.11. The van der Waals surface area contributed by atoms with Gasteiger partial charge in [-0.15, -0.1) is 48.5 Å². The summed E-state index contributed by atoms with van der Waals surface area (Å²) >= 11 is 0. The molecule has 0 aromatic heterocycles. The Hall–Kier alpha value is -2.89. The zero-order valence-corrected chi connectivity index (χ0v) is 19.1. The predicted octanol–water partition coefficient (Wildman–Crippen LogP) is 3.95. The summed E-state index contributed by atoms with van der Waals surface area (Å²) in [5.74, 6) is 0. The summed E-state index contributed by atoms with van der Waals surface area (Å²) in [6.07, 6.45) is 3.52. The molecule has 0 spiro atoms. The second-order valence-corrected chi connectivity index (χ2v) is 6.86. The minimum atomic E-state index is 0. The second kappa shape index (κ2) is 8.23. The zero-order chi connectivity index (χ0) is 19.8. The van der Waals surface area contributed by atoms with Crippen molar-refractivity contribution in [2.45, 2.75) is 13.8 Å². The molecule has 0 saturated carbocycles. The van der Waals surface area contributed by atoms with Gasteiger partial charge in [-0.2, -0.15) is 0 Å². The molecule has 2 aromatic carbocycles. The number of benzene rings is 2. The summed E-state index contributed by atoms with van der Waals surface area (Å²) in [5, 5.41) is 12.0. The first-order chi connectivity index (χ1) is 13.4. The first-order valence-electron chi connectivity index (χ1n) is 8.81. The van der Waals surface area contributed by atoms with Crippen molar-refractivity contribution in [1.29, 1.82) is 0 Å². The van der Waals surface area contributed by atoms with E-state index in [-0.39, 0.29) is 19.8 Å². The molecular weight excluding hydrogens is 541 g/mol. The number of hydrogen-bond acceptors (Lipinski definition) is 6. The first kappa shape index (κ1) is 20.8. The minimum absolute atomic E-state index is 0. The van der Waals surface area contributed by atoms with Crippen LogP contribution in [0.1, 0.15) is 11.1 Å². The molecule has 2 heterocycles. The molecule has 150 valence electrons. The first-order valence-corrected chi connectivity index (χ1v) is 8.81. The van der Waals surface area contributed by atoms with Crippen molar-refractivity contribution in [1.82, 2.24) is 10.0 Å². The van der Waals surface area contributed by atoms with Gasteiger partial charge in [-0.05, 0) is 33.5 Å². The van der Waals surface area contributed by atoms with Crippen molar-refractivity contribution in [3.63, 3.8) is 0 Å². The van der Waals surface area contributed by atoms with E-state index in [1.807, 2.05) is 63.2 Å². The van der Waals surface area contributed by atoms with E-state index in [0.717, 1.165) is 33.6 Å². The quantitative estimate of drug-likeness (QED) is 0.534. The Morgan fingerprint density at radius 1 is 0.897 bits per heavy atom. The molecule has 0 atom stereocenters. The number of hydrogen-bond donors (Lipinski definition) is 0. The topological polar surface area (TPSA) is 42.0 Å². The van der Waals surface area contributed by atoms with Gasteiger partial charge in [-0.1, -0.05) is 23.3 Å². The number of hydrazone groups is 2. The van der Waals surface area contributed by atoms with Gasteiger partial charge >= 0.3 is 0 Å². The van der Waals surface area contributed by atoms with Crippen LogP contribution in [0.25, 0.3) is 16.0 Å². The number of nitrogens with zero attached hydrogens (tertiary/aromatic N) is 7. The Bertz CT molecular complexity index is 957. The zero-order valence-electron chi connectivity index (χ0n) is 16.6. The van der Waals surface area contributed by atoms with E-state index in [2.05, 4.69) is 33.2 Å². The summed E-state index contributed by atoms with van der Waals surface area (Å²) in [4.78, 5) is 7.44. The second-order valence-electron chi connectivity index (χ2n) is 6.86. The van der Waals surface area contributed by atoms with E-state index in [1.54, 1.807) is 22.7 Å². The molecule has 7 nitrogen and oxygen atoms in total. The third-order valence-corrected chi connectivity index (χ3v) is 4.63. The maximum atomic E-state index is 7.30. The van der Waals surface area contributed by atoms with Crippen molar-refractivity contribution in [3.8, 4) is 11.1 Å². The summed E-state index contributed by atoms with van der Waals surface area (Å²) in [5.41, 5.74) is 6.74. The molecule has 0 unspecified atom stereocenters. The average molecular weight is 561 g/mol. The van der Waals surface area contributed by atoms with Crippen LogP contribution in [0.2, 0.25) is 0 Å². The van der Waals surface area contributed by atoms with E-state index in [4.69, 9.17) is 6.57 Å². The van der Waals surface area contributed by atoms with Gasteiger partial charge in [0.25, 0.3) is 0 Å². The fraction of sp³-hybridized carbons (Fsp3) is 0.190. The van der Waals surface area contributed by atoms with Crippen molar-refractivity contribution in [2.24, 2.45) is 10.2 Å². The van der Waals surface area contributed by atoms with Crippen LogP contribution in [0.4, 0.5) is 17.1 Å².